The van der Waals surface area contributed by atoms with Crippen LogP contribution in [0.25, 0.3) is 22.6 Å². The fourth-order valence-electron chi connectivity index (χ4n) is 2.51. The number of anilines is 1. The molecule has 0 saturated carbocycles. The highest BCUT2D eigenvalue weighted by molar-refractivity contribution is 6.33. The number of carbonyl (C=O) groups excluding carboxylic acids is 1. The first-order valence-corrected chi connectivity index (χ1v) is 8.06. The van der Waals surface area contributed by atoms with Crippen LogP contribution in [0, 0.1) is 5.82 Å². The van der Waals surface area contributed by atoms with E-state index in [4.69, 9.17) is 16.0 Å². The zero-order chi connectivity index (χ0) is 18.1. The minimum atomic E-state index is -0.590. The van der Waals surface area contributed by atoms with E-state index >= 15 is 0 Å². The van der Waals surface area contributed by atoms with Crippen LogP contribution in [0.3, 0.4) is 0 Å². The number of hydrogen-bond donors (Lipinski definition) is 1. The van der Waals surface area contributed by atoms with Crippen LogP contribution in [0.5, 0.6) is 0 Å². The number of nitrogens with one attached hydrogen (secondary N) is 1. The molecule has 2 aromatic carbocycles. The molecule has 0 fully saturated rings. The van der Waals surface area contributed by atoms with Gasteiger partial charge in [0.15, 0.2) is 5.58 Å². The van der Waals surface area contributed by atoms with E-state index in [9.17, 15) is 9.18 Å². The zero-order valence-corrected chi connectivity index (χ0v) is 14.0. The Morgan fingerprint density at radius 2 is 2.00 bits per heavy atom. The number of pyridine rings is 1. The molecule has 4 rings (SSSR count). The second-order valence-electron chi connectivity index (χ2n) is 5.49. The Labute approximate surface area is 152 Å². The molecule has 2 aromatic heterocycles. The van der Waals surface area contributed by atoms with Gasteiger partial charge in [0.2, 0.25) is 5.89 Å². The van der Waals surface area contributed by atoms with Gasteiger partial charge in [-0.05, 0) is 30.3 Å². The summed E-state index contributed by atoms with van der Waals surface area (Å²) >= 11 is 6.31. The summed E-state index contributed by atoms with van der Waals surface area (Å²) < 4.78 is 19.4. The van der Waals surface area contributed by atoms with E-state index in [2.05, 4.69) is 15.3 Å². The fourth-order valence-corrected chi connectivity index (χ4v) is 2.77. The quantitative estimate of drug-likeness (QED) is 0.557. The predicted octanol–water partition coefficient (Wildman–Crippen LogP) is 4.93. The van der Waals surface area contributed by atoms with Crippen molar-refractivity contribution in [3.8, 4) is 11.5 Å². The molecule has 4 aromatic rings. The van der Waals surface area contributed by atoms with Crippen molar-refractivity contribution in [2.45, 2.75) is 0 Å². The molecule has 0 unspecified atom stereocenters. The van der Waals surface area contributed by atoms with Gasteiger partial charge in [0, 0.05) is 18.0 Å². The molecule has 0 aliphatic carbocycles. The largest absolute Gasteiger partial charge is 0.436 e. The third-order valence-electron chi connectivity index (χ3n) is 3.77. The maximum atomic E-state index is 13.7. The monoisotopic (exact) mass is 367 g/mol. The van der Waals surface area contributed by atoms with E-state index in [0.717, 1.165) is 0 Å². The van der Waals surface area contributed by atoms with Crippen LogP contribution in [-0.4, -0.2) is 15.9 Å². The van der Waals surface area contributed by atoms with Crippen LogP contribution in [0.4, 0.5) is 10.1 Å². The van der Waals surface area contributed by atoms with Crippen molar-refractivity contribution in [3.05, 3.63) is 77.3 Å². The molecule has 0 atom stereocenters. The van der Waals surface area contributed by atoms with Gasteiger partial charge in [-0.25, -0.2) is 9.37 Å². The lowest BCUT2D eigenvalue weighted by molar-refractivity contribution is 0.102. The van der Waals surface area contributed by atoms with Gasteiger partial charge in [-0.3, -0.25) is 9.78 Å². The van der Waals surface area contributed by atoms with Gasteiger partial charge in [-0.2, -0.15) is 0 Å². The second-order valence-corrected chi connectivity index (χ2v) is 5.90. The molecule has 7 heteroatoms. The normalized spacial score (nSPS) is 10.8. The highest BCUT2D eigenvalue weighted by Crippen LogP contribution is 2.32. The smallest absolute Gasteiger partial charge is 0.258 e. The van der Waals surface area contributed by atoms with Gasteiger partial charge >= 0.3 is 0 Å². The average Bonchev–Trinajstić information content (AvgIpc) is 3.06. The van der Waals surface area contributed by atoms with E-state index in [1.54, 1.807) is 42.7 Å². The highest BCUT2D eigenvalue weighted by Gasteiger charge is 2.15. The van der Waals surface area contributed by atoms with Crippen molar-refractivity contribution >= 4 is 34.3 Å². The van der Waals surface area contributed by atoms with Crippen molar-refractivity contribution in [3.63, 3.8) is 0 Å². The van der Waals surface area contributed by atoms with Gasteiger partial charge in [0.25, 0.3) is 5.91 Å². The summed E-state index contributed by atoms with van der Waals surface area (Å²) in [4.78, 5) is 20.5. The van der Waals surface area contributed by atoms with Crippen molar-refractivity contribution in [1.29, 1.82) is 0 Å². The Kier molecular flexibility index (Phi) is 4.10. The number of hydrogen-bond acceptors (Lipinski definition) is 4. The molecule has 0 spiro atoms. The van der Waals surface area contributed by atoms with E-state index in [0.29, 0.717) is 33.3 Å². The minimum absolute atomic E-state index is 0.0425. The number of nitrogens with zero attached hydrogens (tertiary/aromatic N) is 2. The maximum absolute atomic E-state index is 13.7. The van der Waals surface area contributed by atoms with E-state index in [1.807, 2.05) is 0 Å². The maximum Gasteiger partial charge on any atom is 0.258 e. The SMILES string of the molecule is O=C(Nc1ccc(-c2nc3cnccc3o2)c(Cl)c1)c1ccccc1F. The molecule has 0 aliphatic rings. The molecule has 2 heterocycles. The third kappa shape index (κ3) is 3.02. The van der Waals surface area contributed by atoms with Crippen LogP contribution >= 0.6 is 11.6 Å². The highest BCUT2D eigenvalue weighted by atomic mass is 35.5. The Morgan fingerprint density at radius 1 is 1.15 bits per heavy atom. The lowest BCUT2D eigenvalue weighted by Gasteiger charge is -2.08. The van der Waals surface area contributed by atoms with E-state index < -0.39 is 11.7 Å². The topological polar surface area (TPSA) is 68.0 Å². The molecule has 1 N–H and O–H groups in total. The number of fused-ring (bicyclic) bond motifs is 1. The van der Waals surface area contributed by atoms with Gasteiger partial charge in [0.05, 0.1) is 22.3 Å². The molecule has 0 saturated heterocycles. The predicted molar refractivity (Wildman–Crippen MR) is 96.6 cm³/mol. The standard InChI is InChI=1S/C19H11ClFN3O2/c20-14-9-11(23-18(25)13-3-1-2-4-15(13)21)5-6-12(14)19-24-16-10-22-8-7-17(16)26-19/h1-10H,(H,23,25). The van der Waals surface area contributed by atoms with Crippen molar-refractivity contribution in [2.75, 3.05) is 5.32 Å². The Morgan fingerprint density at radius 3 is 2.77 bits per heavy atom. The Balaban J connectivity index is 1.62. The van der Waals surface area contributed by atoms with E-state index in [-0.39, 0.29) is 5.56 Å². The summed E-state index contributed by atoms with van der Waals surface area (Å²) in [6.45, 7) is 0. The second kappa shape index (κ2) is 6.57. The van der Waals surface area contributed by atoms with Gasteiger partial charge in [-0.1, -0.05) is 23.7 Å². The summed E-state index contributed by atoms with van der Waals surface area (Å²) in [5.41, 5.74) is 2.19. The van der Waals surface area contributed by atoms with Crippen LogP contribution in [0.15, 0.2) is 65.3 Å². The molecule has 0 radical (unpaired) electrons. The molecule has 1 amide bonds. The summed E-state index contributed by atoms with van der Waals surface area (Å²) in [6.07, 6.45) is 3.21. The number of benzene rings is 2. The number of oxazole rings is 1. The first kappa shape index (κ1) is 16.2. The summed E-state index contributed by atoms with van der Waals surface area (Å²) in [5.74, 6) is -0.794. The first-order chi connectivity index (χ1) is 12.6. The molecule has 128 valence electrons. The van der Waals surface area contributed by atoms with Crippen molar-refractivity contribution in [2.24, 2.45) is 0 Å². The molecular weight excluding hydrogens is 357 g/mol. The average molecular weight is 368 g/mol. The van der Waals surface area contributed by atoms with Gasteiger partial charge in [-0.15, -0.1) is 0 Å². The summed E-state index contributed by atoms with van der Waals surface area (Å²) in [7, 11) is 0. The van der Waals surface area contributed by atoms with Crippen LogP contribution in [0.1, 0.15) is 10.4 Å². The van der Waals surface area contributed by atoms with Gasteiger partial charge in [0.1, 0.15) is 11.3 Å². The van der Waals surface area contributed by atoms with Gasteiger partial charge < -0.3 is 9.73 Å². The number of halogens is 2. The number of amides is 1. The minimum Gasteiger partial charge on any atom is -0.436 e. The molecule has 5 nitrogen and oxygen atoms in total. The van der Waals surface area contributed by atoms with Crippen molar-refractivity contribution < 1.29 is 13.6 Å². The van der Waals surface area contributed by atoms with Crippen LogP contribution < -0.4 is 5.32 Å². The lowest BCUT2D eigenvalue weighted by Crippen LogP contribution is -2.13. The zero-order valence-electron chi connectivity index (χ0n) is 13.2. The molecular formula is C19H11ClFN3O2. The number of rotatable bonds is 3. The number of carbonyl (C=O) groups is 1. The van der Waals surface area contributed by atoms with E-state index in [1.165, 1.54) is 18.2 Å². The van der Waals surface area contributed by atoms with Crippen LogP contribution in [0.2, 0.25) is 5.02 Å². The molecule has 26 heavy (non-hydrogen) atoms. The number of aromatic nitrogens is 2. The Hall–Kier alpha value is -3.25. The van der Waals surface area contributed by atoms with Crippen molar-refractivity contribution in [1.82, 2.24) is 9.97 Å². The van der Waals surface area contributed by atoms with Crippen LogP contribution in [-0.2, 0) is 0 Å². The lowest BCUT2D eigenvalue weighted by atomic mass is 10.1. The molecule has 0 bridgehead atoms. The Bertz CT molecular complexity index is 1090. The summed E-state index contributed by atoms with van der Waals surface area (Å²) in [6, 6.07) is 12.3. The first-order valence-electron chi connectivity index (χ1n) is 7.68. The summed E-state index contributed by atoms with van der Waals surface area (Å²) in [5, 5.41) is 2.96. The third-order valence-corrected chi connectivity index (χ3v) is 4.08. The fraction of sp³-hybridized carbons (Fsp3) is 0. The molecule has 0 aliphatic heterocycles.